The Morgan fingerprint density at radius 1 is 0.864 bits per heavy atom. The molecule has 3 saturated heterocycles. The number of alkyl halides is 3. The molecule has 59 heavy (non-hydrogen) atoms. The number of rotatable bonds is 6. The van der Waals surface area contributed by atoms with Crippen LogP contribution in [0.4, 0.5) is 34.8 Å². The molecule has 0 spiro atoms. The molecular weight excluding hydrogens is 817 g/mol. The molecule has 17 heteroatoms. The number of amides is 4. The second kappa shape index (κ2) is 14.3. The van der Waals surface area contributed by atoms with Gasteiger partial charge in [0.2, 0.25) is 11.8 Å². The normalized spacial score (nSPS) is 26.8. The van der Waals surface area contributed by atoms with Crippen LogP contribution in [0.15, 0.2) is 90.6 Å². The number of anilines is 3. The van der Waals surface area contributed by atoms with Crippen LogP contribution >= 0.6 is 23.2 Å². The number of benzene rings is 3. The van der Waals surface area contributed by atoms with Crippen LogP contribution in [0.5, 0.6) is 5.75 Å². The third-order valence-corrected chi connectivity index (χ3v) is 12.9. The van der Waals surface area contributed by atoms with E-state index in [2.05, 4.69) is 15.3 Å². The summed E-state index contributed by atoms with van der Waals surface area (Å²) in [5, 5.41) is 10.7. The number of nitrogens with one attached hydrogen (secondary N) is 1. The zero-order valence-corrected chi connectivity index (χ0v) is 32.3. The summed E-state index contributed by atoms with van der Waals surface area (Å²) < 4.78 is 61.4. The third-order valence-electron chi connectivity index (χ3n) is 12.3. The van der Waals surface area contributed by atoms with E-state index in [1.54, 1.807) is 30.3 Å². The number of carbonyl (C=O) groups is 4. The first-order valence-corrected chi connectivity index (χ1v) is 19.6. The quantitative estimate of drug-likeness (QED) is 0.117. The average molecular weight is 851 g/mol. The summed E-state index contributed by atoms with van der Waals surface area (Å²) in [5.41, 5.74) is 1.83. The Morgan fingerprint density at radius 3 is 2.22 bits per heavy atom. The van der Waals surface area contributed by atoms with Crippen molar-refractivity contribution < 1.29 is 46.6 Å². The summed E-state index contributed by atoms with van der Waals surface area (Å²) in [6.07, 6.45) is -2.51. The van der Waals surface area contributed by atoms with Gasteiger partial charge in [0.05, 0.1) is 52.7 Å². The Morgan fingerprint density at radius 2 is 1.56 bits per heavy atom. The molecule has 304 valence electrons. The van der Waals surface area contributed by atoms with Crippen molar-refractivity contribution in [1.82, 2.24) is 9.99 Å². The topological polar surface area (TPSA) is 132 Å². The molecule has 0 unspecified atom stereocenters. The fourth-order valence-corrected chi connectivity index (χ4v) is 10.1. The van der Waals surface area contributed by atoms with E-state index in [1.165, 1.54) is 23.1 Å². The first-order valence-electron chi connectivity index (χ1n) is 18.8. The number of morpholine rings is 1. The molecule has 1 saturated carbocycles. The number of pyridine rings is 1. The standard InChI is InChI=1S/C42H33Cl2F4N5O6/c43-24-4-2-22(3-5-24)41-30(38(56)53(40(41)58)50-36-31(44)18-23(20-49-36)42(46,47)48)19-29-27(35(41)21-1-12-33(54)32(45)17-21)10-11-28-34(29)39(57)52(37(28)55)26-8-6-25(7-9-26)51-13-15-59-16-14-51/h1-10,12,17-18,20,28-30,34-35,54H,11,13-16,19H2,(H,49,50)/t28-,29+,30-,34-,35-,41+/m0/s1. The number of ether oxygens (including phenoxy) is 1. The lowest BCUT2D eigenvalue weighted by atomic mass is 9.49. The van der Waals surface area contributed by atoms with Crippen LogP contribution in [0, 0.1) is 29.5 Å². The largest absolute Gasteiger partial charge is 0.505 e. The number of hydrogen-bond acceptors (Lipinski definition) is 9. The molecule has 4 aromatic rings. The number of halogens is 6. The van der Waals surface area contributed by atoms with E-state index in [-0.39, 0.29) is 18.4 Å². The molecule has 0 bridgehead atoms. The van der Waals surface area contributed by atoms with Crippen molar-refractivity contribution in [2.45, 2.75) is 30.4 Å². The smallest absolute Gasteiger partial charge is 0.417 e. The first-order chi connectivity index (χ1) is 28.2. The van der Waals surface area contributed by atoms with Crippen LogP contribution in [0.25, 0.3) is 0 Å². The van der Waals surface area contributed by atoms with Gasteiger partial charge in [-0.3, -0.25) is 29.5 Å². The van der Waals surface area contributed by atoms with Gasteiger partial charge < -0.3 is 14.7 Å². The number of hydrogen-bond donors (Lipinski definition) is 2. The highest BCUT2D eigenvalue weighted by atomic mass is 35.5. The second-order valence-corrected chi connectivity index (χ2v) is 16.1. The molecule has 5 aliphatic rings. The number of hydrazine groups is 1. The van der Waals surface area contributed by atoms with Crippen molar-refractivity contribution in [3.63, 3.8) is 0 Å². The number of fused-ring (bicyclic) bond motifs is 4. The molecular formula is C42H33Cl2F4N5O6. The highest BCUT2D eigenvalue weighted by molar-refractivity contribution is 6.33. The summed E-state index contributed by atoms with van der Waals surface area (Å²) in [5.74, 6) is -9.71. The minimum absolute atomic E-state index is 0.0943. The van der Waals surface area contributed by atoms with Crippen LogP contribution in [-0.2, 0) is 35.5 Å². The van der Waals surface area contributed by atoms with E-state index in [1.807, 2.05) is 12.1 Å². The van der Waals surface area contributed by atoms with Crippen molar-refractivity contribution in [1.29, 1.82) is 0 Å². The van der Waals surface area contributed by atoms with Crippen molar-refractivity contribution in [2.24, 2.45) is 23.7 Å². The SMILES string of the molecule is O=C1[C@@H]2C[C@@H]3C(=CC[C@@H]4C(=O)N(c5ccc(N6CCOCC6)cc5)C(=O)[C@@H]43)[C@H](c3ccc(O)c(F)c3)[C@]2(c2ccc(Cl)cc2)C(=O)N1Nc1ncc(C(F)(F)F)cc1Cl. The fourth-order valence-electron chi connectivity index (χ4n) is 9.75. The Labute approximate surface area is 344 Å². The van der Waals surface area contributed by atoms with Crippen LogP contribution in [0.2, 0.25) is 10.0 Å². The van der Waals surface area contributed by atoms with Crippen LogP contribution in [-0.4, -0.2) is 65.0 Å². The lowest BCUT2D eigenvalue weighted by Gasteiger charge is -2.50. The summed E-state index contributed by atoms with van der Waals surface area (Å²) in [7, 11) is 0. The summed E-state index contributed by atoms with van der Waals surface area (Å²) >= 11 is 12.6. The van der Waals surface area contributed by atoms with Crippen molar-refractivity contribution in [3.05, 3.63) is 123 Å². The summed E-state index contributed by atoms with van der Waals surface area (Å²) in [4.78, 5) is 66.1. The molecule has 0 radical (unpaired) electrons. The zero-order chi connectivity index (χ0) is 41.5. The number of phenolic OH excluding ortho intramolecular Hbond substituents is 1. The van der Waals surface area contributed by atoms with Crippen LogP contribution in [0.3, 0.4) is 0 Å². The minimum atomic E-state index is -4.78. The van der Waals surface area contributed by atoms with Gasteiger partial charge in [-0.25, -0.2) is 9.37 Å². The lowest BCUT2D eigenvalue weighted by molar-refractivity contribution is -0.139. The van der Waals surface area contributed by atoms with Crippen molar-refractivity contribution in [3.8, 4) is 5.75 Å². The number of phenols is 1. The molecule has 4 heterocycles. The third kappa shape index (κ3) is 6.15. The molecule has 2 N–H and O–H groups in total. The molecule has 3 aromatic carbocycles. The Balaban J connectivity index is 1.16. The van der Waals surface area contributed by atoms with Gasteiger partial charge in [-0.15, -0.1) is 0 Å². The molecule has 4 fully saturated rings. The Hall–Kier alpha value is -5.51. The monoisotopic (exact) mass is 849 g/mol. The first kappa shape index (κ1) is 39.0. The molecule has 6 atom stereocenters. The number of imide groups is 2. The van der Waals surface area contributed by atoms with Crippen molar-refractivity contribution in [2.75, 3.05) is 41.5 Å². The number of carbonyl (C=O) groups excluding carboxylic acids is 4. The van der Waals surface area contributed by atoms with Gasteiger partial charge in [-0.2, -0.15) is 18.2 Å². The van der Waals surface area contributed by atoms with Gasteiger partial charge in [0.25, 0.3) is 11.8 Å². The highest BCUT2D eigenvalue weighted by Crippen LogP contribution is 2.64. The molecule has 11 nitrogen and oxygen atoms in total. The van der Waals surface area contributed by atoms with Gasteiger partial charge in [-0.1, -0.05) is 53.1 Å². The molecule has 4 amide bonds. The molecule has 9 rings (SSSR count). The van der Waals surface area contributed by atoms with E-state index < -0.39 is 92.8 Å². The number of aromatic nitrogens is 1. The van der Waals surface area contributed by atoms with Crippen LogP contribution < -0.4 is 15.2 Å². The van der Waals surface area contributed by atoms with Crippen molar-refractivity contribution >= 4 is 64.0 Å². The van der Waals surface area contributed by atoms with Gasteiger partial charge >= 0.3 is 6.18 Å². The van der Waals surface area contributed by atoms with Crippen LogP contribution in [0.1, 0.15) is 35.4 Å². The summed E-state index contributed by atoms with van der Waals surface area (Å²) in [6, 6.07) is 17.5. The maximum atomic E-state index is 15.4. The predicted octanol–water partition coefficient (Wildman–Crippen LogP) is 7.28. The Kier molecular flexibility index (Phi) is 9.48. The minimum Gasteiger partial charge on any atom is -0.505 e. The van der Waals surface area contributed by atoms with Gasteiger partial charge in [-0.05, 0) is 84.5 Å². The second-order valence-electron chi connectivity index (χ2n) is 15.3. The number of nitrogens with zero attached hydrogens (tertiary/aromatic N) is 4. The maximum absolute atomic E-state index is 15.4. The molecule has 3 aliphatic heterocycles. The fraction of sp³-hybridized carbons (Fsp3) is 0.310. The number of allylic oxidation sites excluding steroid dienone is 2. The average Bonchev–Trinajstić information content (AvgIpc) is 3.60. The molecule has 1 aromatic heterocycles. The number of aromatic hydroxyl groups is 1. The van der Waals surface area contributed by atoms with E-state index in [0.717, 1.165) is 17.8 Å². The van der Waals surface area contributed by atoms with Gasteiger partial charge in [0.15, 0.2) is 17.4 Å². The lowest BCUT2D eigenvalue weighted by Crippen LogP contribution is -2.53. The Bertz CT molecular complexity index is 2440. The zero-order valence-electron chi connectivity index (χ0n) is 30.8. The van der Waals surface area contributed by atoms with E-state index in [4.69, 9.17) is 27.9 Å². The van der Waals surface area contributed by atoms with E-state index in [0.29, 0.717) is 65.4 Å². The van der Waals surface area contributed by atoms with Gasteiger partial charge in [0.1, 0.15) is 0 Å². The van der Waals surface area contributed by atoms with Gasteiger partial charge in [0, 0.05) is 35.9 Å². The molecule has 2 aliphatic carbocycles. The highest BCUT2D eigenvalue weighted by Gasteiger charge is 2.70. The summed E-state index contributed by atoms with van der Waals surface area (Å²) in [6.45, 7) is 2.53. The maximum Gasteiger partial charge on any atom is 0.417 e. The van der Waals surface area contributed by atoms with E-state index >= 15 is 9.18 Å². The van der Waals surface area contributed by atoms with E-state index in [9.17, 15) is 32.7 Å². The predicted molar refractivity (Wildman–Crippen MR) is 207 cm³/mol.